The molecule has 0 radical (unpaired) electrons. The van der Waals surface area contributed by atoms with Crippen LogP contribution >= 0.6 is 0 Å². The normalized spacial score (nSPS) is 16.2. The average Bonchev–Trinajstić information content (AvgIpc) is 3.40. The van der Waals surface area contributed by atoms with Gasteiger partial charge in [0.25, 0.3) is 5.89 Å². The Bertz CT molecular complexity index is 957. The molecule has 3 aromatic heterocycles. The van der Waals surface area contributed by atoms with Gasteiger partial charge < -0.3 is 19.4 Å². The summed E-state index contributed by atoms with van der Waals surface area (Å²) in [7, 11) is 0. The van der Waals surface area contributed by atoms with Crippen molar-refractivity contribution in [2.24, 2.45) is 0 Å². The molecule has 0 bridgehead atoms. The van der Waals surface area contributed by atoms with Crippen LogP contribution in [0.1, 0.15) is 34.0 Å². The van der Waals surface area contributed by atoms with Gasteiger partial charge >= 0.3 is 5.97 Å². The van der Waals surface area contributed by atoms with E-state index in [-0.39, 0.29) is 11.7 Å². The second-order valence-corrected chi connectivity index (χ2v) is 6.36. The summed E-state index contributed by atoms with van der Waals surface area (Å²) in [5.74, 6) is 0.377. The van der Waals surface area contributed by atoms with Gasteiger partial charge in [0.1, 0.15) is 0 Å². The molecule has 0 aliphatic heterocycles. The van der Waals surface area contributed by atoms with Gasteiger partial charge in [-0.3, -0.25) is 4.68 Å². The van der Waals surface area contributed by atoms with Gasteiger partial charge in [-0.05, 0) is 31.4 Å². The molecule has 1 atom stereocenters. The zero-order chi connectivity index (χ0) is 18.8. The maximum Gasteiger partial charge on any atom is 0.356 e. The van der Waals surface area contributed by atoms with Crippen LogP contribution in [-0.2, 0) is 25.9 Å². The first kappa shape index (κ1) is 17.2. The molecule has 0 amide bonds. The monoisotopic (exact) mass is 369 g/mol. The van der Waals surface area contributed by atoms with Crippen LogP contribution in [0.3, 0.4) is 0 Å². The Morgan fingerprint density at radius 2 is 2.41 bits per heavy atom. The molecule has 0 saturated heterocycles. The van der Waals surface area contributed by atoms with Gasteiger partial charge in [0, 0.05) is 17.3 Å². The Morgan fingerprint density at radius 1 is 1.52 bits per heavy atom. The molecule has 3 heterocycles. The molecule has 27 heavy (non-hydrogen) atoms. The number of rotatable bonds is 7. The molecular weight excluding hydrogens is 350 g/mol. The van der Waals surface area contributed by atoms with Gasteiger partial charge in [-0.15, -0.1) is 6.58 Å². The van der Waals surface area contributed by atoms with E-state index in [0.717, 1.165) is 24.1 Å². The summed E-state index contributed by atoms with van der Waals surface area (Å²) in [6.45, 7) is 4.64. The topological polar surface area (TPSA) is 119 Å². The average molecular weight is 369 g/mol. The summed E-state index contributed by atoms with van der Waals surface area (Å²) in [6, 6.07) is 3.62. The van der Waals surface area contributed by atoms with Crippen molar-refractivity contribution in [1.29, 1.82) is 0 Å². The second kappa shape index (κ2) is 7.20. The maximum atomic E-state index is 11.5. The molecule has 1 aliphatic carbocycles. The van der Waals surface area contributed by atoms with Gasteiger partial charge in [0.15, 0.2) is 17.3 Å². The number of allylic oxidation sites excluding steroid dienone is 1. The van der Waals surface area contributed by atoms with Crippen molar-refractivity contribution < 1.29 is 18.8 Å². The third-order valence-corrected chi connectivity index (χ3v) is 4.60. The highest BCUT2D eigenvalue weighted by Gasteiger charge is 2.28. The van der Waals surface area contributed by atoms with Crippen molar-refractivity contribution >= 4 is 5.97 Å². The van der Waals surface area contributed by atoms with E-state index in [1.165, 1.54) is 0 Å². The number of hydrogen-bond acceptors (Lipinski definition) is 7. The first-order chi connectivity index (χ1) is 13.2. The van der Waals surface area contributed by atoms with E-state index in [9.17, 15) is 9.90 Å². The molecule has 0 spiro atoms. The summed E-state index contributed by atoms with van der Waals surface area (Å²) in [6.07, 6.45) is 5.49. The first-order valence-corrected chi connectivity index (χ1v) is 8.68. The van der Waals surface area contributed by atoms with Crippen molar-refractivity contribution in [3.63, 3.8) is 0 Å². The highest BCUT2D eigenvalue weighted by molar-refractivity contribution is 5.87. The summed E-state index contributed by atoms with van der Waals surface area (Å²) in [5.41, 5.74) is 1.89. The number of nitrogens with one attached hydrogen (secondary N) is 1. The van der Waals surface area contributed by atoms with E-state index < -0.39 is 5.97 Å². The molecule has 0 fully saturated rings. The van der Waals surface area contributed by atoms with Gasteiger partial charge in [0.05, 0.1) is 19.4 Å². The van der Waals surface area contributed by atoms with E-state index in [2.05, 4.69) is 27.1 Å². The fraction of sp³-hybridized carbons (Fsp3) is 0.333. The van der Waals surface area contributed by atoms with Crippen LogP contribution in [0.5, 0.6) is 0 Å². The quantitative estimate of drug-likeness (QED) is 0.607. The molecule has 1 aliphatic rings. The van der Waals surface area contributed by atoms with Gasteiger partial charge in [-0.2, -0.15) is 10.1 Å². The van der Waals surface area contributed by atoms with Crippen LogP contribution in [0.15, 0.2) is 40.0 Å². The second-order valence-electron chi connectivity index (χ2n) is 6.36. The Balaban J connectivity index is 1.44. The Hall–Kier alpha value is -3.20. The van der Waals surface area contributed by atoms with Crippen LogP contribution in [0, 0.1) is 0 Å². The van der Waals surface area contributed by atoms with Crippen molar-refractivity contribution in [2.45, 2.75) is 38.4 Å². The zero-order valence-electron chi connectivity index (χ0n) is 14.6. The fourth-order valence-electron chi connectivity index (χ4n) is 3.37. The van der Waals surface area contributed by atoms with Gasteiger partial charge in [-0.25, -0.2) is 4.79 Å². The van der Waals surface area contributed by atoms with Crippen molar-refractivity contribution in [1.82, 2.24) is 25.2 Å². The van der Waals surface area contributed by atoms with Crippen LogP contribution < -0.4 is 5.32 Å². The lowest BCUT2D eigenvalue weighted by Crippen LogP contribution is -2.35. The highest BCUT2D eigenvalue weighted by Crippen LogP contribution is 2.25. The van der Waals surface area contributed by atoms with Crippen molar-refractivity contribution in [2.75, 3.05) is 0 Å². The number of aromatic carboxylic acids is 1. The van der Waals surface area contributed by atoms with E-state index >= 15 is 0 Å². The minimum absolute atomic E-state index is 0.113. The molecule has 9 heteroatoms. The van der Waals surface area contributed by atoms with E-state index in [0.29, 0.717) is 37.0 Å². The third-order valence-electron chi connectivity index (χ3n) is 4.60. The predicted octanol–water partition coefficient (Wildman–Crippen LogP) is 2.06. The number of carboxylic acids is 1. The van der Waals surface area contributed by atoms with Crippen molar-refractivity contribution in [3.8, 4) is 11.7 Å². The number of nitrogens with zero attached hydrogens (tertiary/aromatic N) is 4. The number of carbonyl (C=O) groups is 1. The number of fused-ring (bicyclic) bond motifs is 1. The Kier molecular flexibility index (Phi) is 4.59. The SMILES string of the molecule is C=CCn1nc(C(=O)O)c2c1CC[C@@H](NCc1noc(-c3ccco3)n1)C2. The molecule has 0 saturated carbocycles. The van der Waals surface area contributed by atoms with Crippen LogP contribution in [0.4, 0.5) is 0 Å². The van der Waals surface area contributed by atoms with Crippen LogP contribution in [-0.4, -0.2) is 37.0 Å². The number of furan rings is 1. The lowest BCUT2D eigenvalue weighted by molar-refractivity contribution is 0.0688. The zero-order valence-corrected chi connectivity index (χ0v) is 14.6. The fourth-order valence-corrected chi connectivity index (χ4v) is 3.37. The molecule has 0 aromatic carbocycles. The van der Waals surface area contributed by atoms with E-state index in [1.54, 1.807) is 29.2 Å². The molecular formula is C18H19N5O4. The summed E-state index contributed by atoms with van der Waals surface area (Å²) < 4.78 is 12.2. The Morgan fingerprint density at radius 3 is 3.15 bits per heavy atom. The van der Waals surface area contributed by atoms with Gasteiger partial charge in [0.2, 0.25) is 0 Å². The smallest absolute Gasteiger partial charge is 0.356 e. The maximum absolute atomic E-state index is 11.5. The molecule has 9 nitrogen and oxygen atoms in total. The van der Waals surface area contributed by atoms with E-state index in [1.807, 2.05) is 0 Å². The third kappa shape index (κ3) is 3.41. The van der Waals surface area contributed by atoms with Crippen molar-refractivity contribution in [3.05, 3.63) is 53.8 Å². The molecule has 4 rings (SSSR count). The van der Waals surface area contributed by atoms with E-state index in [4.69, 9.17) is 8.94 Å². The highest BCUT2D eigenvalue weighted by atomic mass is 16.5. The van der Waals surface area contributed by atoms with Crippen LogP contribution in [0.2, 0.25) is 0 Å². The summed E-state index contributed by atoms with van der Waals surface area (Å²) >= 11 is 0. The molecule has 3 aromatic rings. The number of hydrogen-bond donors (Lipinski definition) is 2. The minimum atomic E-state index is -1.00. The number of aromatic nitrogens is 4. The standard InChI is InChI=1S/C18H19N5O4/c1-2-7-23-13-6-5-11(9-12(13)16(21-23)18(24)25)19-10-15-20-17(27-22-15)14-4-3-8-26-14/h2-4,8,11,19H,1,5-7,9-10H2,(H,24,25)/t11-/m1/s1. The number of carboxylic acid groups (broad SMARTS) is 1. The summed E-state index contributed by atoms with van der Waals surface area (Å²) in [4.78, 5) is 15.8. The molecule has 140 valence electrons. The first-order valence-electron chi connectivity index (χ1n) is 8.68. The molecule has 0 unspecified atom stereocenters. The Labute approximate surface area is 154 Å². The lowest BCUT2D eigenvalue weighted by Gasteiger charge is -2.23. The lowest BCUT2D eigenvalue weighted by atomic mass is 9.91. The minimum Gasteiger partial charge on any atom is -0.476 e. The van der Waals surface area contributed by atoms with Crippen LogP contribution in [0.25, 0.3) is 11.7 Å². The predicted molar refractivity (Wildman–Crippen MR) is 94.0 cm³/mol. The molecule has 2 N–H and O–H groups in total. The summed E-state index contributed by atoms with van der Waals surface area (Å²) in [5, 5.41) is 21.0. The van der Waals surface area contributed by atoms with Gasteiger partial charge in [-0.1, -0.05) is 11.2 Å². The largest absolute Gasteiger partial charge is 0.476 e.